The summed E-state index contributed by atoms with van der Waals surface area (Å²) in [6.07, 6.45) is 4.57. The Labute approximate surface area is 101 Å². The van der Waals surface area contributed by atoms with Crippen molar-refractivity contribution < 1.29 is 24.2 Å². The van der Waals surface area contributed by atoms with Gasteiger partial charge in [0.2, 0.25) is 0 Å². The first kappa shape index (κ1) is 15.4. The molecule has 0 aromatic carbocycles. The van der Waals surface area contributed by atoms with Crippen molar-refractivity contribution in [2.24, 2.45) is 0 Å². The van der Waals surface area contributed by atoms with Crippen molar-refractivity contribution in [3.8, 4) is 0 Å². The summed E-state index contributed by atoms with van der Waals surface area (Å²) in [4.78, 5) is 20.3. The van der Waals surface area contributed by atoms with Gasteiger partial charge in [-0.2, -0.15) is 0 Å². The van der Waals surface area contributed by atoms with Crippen molar-refractivity contribution in [3.05, 3.63) is 24.3 Å². The second-order valence-electron chi connectivity index (χ2n) is 3.14. The Balaban J connectivity index is 0.000000318. The van der Waals surface area contributed by atoms with Crippen LogP contribution in [-0.2, 0) is 19.1 Å². The maximum atomic E-state index is 10.4. The Bertz CT molecular complexity index is 293. The van der Waals surface area contributed by atoms with Gasteiger partial charge in [-0.15, -0.1) is 0 Å². The van der Waals surface area contributed by atoms with Crippen LogP contribution in [0.1, 0.15) is 19.8 Å². The third kappa shape index (κ3) is 8.21. The third-order valence-corrected chi connectivity index (χ3v) is 1.92. The van der Waals surface area contributed by atoms with Crippen LogP contribution >= 0.6 is 0 Å². The van der Waals surface area contributed by atoms with Crippen LogP contribution in [0.4, 0.5) is 0 Å². The fourth-order valence-electron chi connectivity index (χ4n) is 0.887. The SMILES string of the molecule is C=CC(=O)OCCOCC.O=C(O)C1=CCC1. The summed E-state index contributed by atoms with van der Waals surface area (Å²) in [6, 6.07) is 0. The molecule has 0 atom stereocenters. The Kier molecular flexibility index (Phi) is 8.68. The normalized spacial score (nSPS) is 12.4. The van der Waals surface area contributed by atoms with Crippen molar-refractivity contribution in [1.29, 1.82) is 0 Å². The van der Waals surface area contributed by atoms with E-state index in [9.17, 15) is 9.59 Å². The van der Waals surface area contributed by atoms with Crippen molar-refractivity contribution in [1.82, 2.24) is 0 Å². The highest BCUT2D eigenvalue weighted by Gasteiger charge is 2.11. The summed E-state index contributed by atoms with van der Waals surface area (Å²) in [7, 11) is 0. The first-order valence-corrected chi connectivity index (χ1v) is 5.41. The highest BCUT2D eigenvalue weighted by atomic mass is 16.6. The lowest BCUT2D eigenvalue weighted by Gasteiger charge is -2.06. The number of hydrogen-bond acceptors (Lipinski definition) is 4. The Morgan fingerprint density at radius 2 is 2.18 bits per heavy atom. The van der Waals surface area contributed by atoms with Crippen LogP contribution in [0.15, 0.2) is 24.3 Å². The van der Waals surface area contributed by atoms with Gasteiger partial charge in [-0.05, 0) is 19.8 Å². The van der Waals surface area contributed by atoms with E-state index >= 15 is 0 Å². The number of carboxylic acid groups (broad SMARTS) is 1. The molecule has 5 heteroatoms. The number of rotatable bonds is 6. The summed E-state index contributed by atoms with van der Waals surface area (Å²) in [6.45, 7) is 6.53. The molecule has 0 heterocycles. The van der Waals surface area contributed by atoms with Gasteiger partial charge < -0.3 is 14.6 Å². The van der Waals surface area contributed by atoms with Crippen LogP contribution in [-0.4, -0.2) is 36.9 Å². The lowest BCUT2D eigenvalue weighted by molar-refractivity contribution is -0.139. The molecule has 0 saturated heterocycles. The van der Waals surface area contributed by atoms with Gasteiger partial charge in [0, 0.05) is 18.3 Å². The average Bonchev–Trinajstić information content (AvgIpc) is 2.21. The molecule has 0 bridgehead atoms. The maximum Gasteiger partial charge on any atom is 0.331 e. The summed E-state index contributed by atoms with van der Waals surface area (Å²) < 4.78 is 9.53. The molecule has 1 rings (SSSR count). The molecule has 0 spiro atoms. The summed E-state index contributed by atoms with van der Waals surface area (Å²) >= 11 is 0. The summed E-state index contributed by atoms with van der Waals surface area (Å²) in [5.41, 5.74) is 0.569. The Hall–Kier alpha value is -1.62. The molecular weight excluding hydrogens is 224 g/mol. The van der Waals surface area contributed by atoms with Crippen LogP contribution in [0.25, 0.3) is 0 Å². The van der Waals surface area contributed by atoms with Gasteiger partial charge in [0.15, 0.2) is 0 Å². The van der Waals surface area contributed by atoms with Crippen molar-refractivity contribution in [3.63, 3.8) is 0 Å². The molecule has 96 valence electrons. The topological polar surface area (TPSA) is 72.8 Å². The van der Waals surface area contributed by atoms with Gasteiger partial charge in [-0.25, -0.2) is 9.59 Å². The van der Waals surface area contributed by atoms with E-state index in [4.69, 9.17) is 9.84 Å². The molecule has 17 heavy (non-hydrogen) atoms. The number of esters is 1. The number of aliphatic carboxylic acids is 1. The van der Waals surface area contributed by atoms with Gasteiger partial charge in [0.25, 0.3) is 0 Å². The van der Waals surface area contributed by atoms with Crippen LogP contribution in [0.3, 0.4) is 0 Å². The highest BCUT2D eigenvalue weighted by molar-refractivity contribution is 5.87. The molecule has 1 N–H and O–H groups in total. The van der Waals surface area contributed by atoms with Crippen molar-refractivity contribution in [2.75, 3.05) is 19.8 Å². The molecule has 0 aliphatic heterocycles. The minimum absolute atomic E-state index is 0.304. The smallest absolute Gasteiger partial charge is 0.331 e. The highest BCUT2D eigenvalue weighted by Crippen LogP contribution is 2.16. The van der Waals surface area contributed by atoms with Crippen LogP contribution < -0.4 is 0 Å². The minimum atomic E-state index is -0.758. The number of carboxylic acids is 1. The number of hydrogen-bond donors (Lipinski definition) is 1. The molecule has 0 saturated carbocycles. The zero-order chi connectivity index (χ0) is 13.1. The van der Waals surface area contributed by atoms with Crippen molar-refractivity contribution >= 4 is 11.9 Å². The van der Waals surface area contributed by atoms with E-state index in [0.717, 1.165) is 18.9 Å². The Morgan fingerprint density at radius 3 is 2.47 bits per heavy atom. The molecular formula is C12H18O5. The van der Waals surface area contributed by atoms with E-state index in [1.54, 1.807) is 6.08 Å². The zero-order valence-electron chi connectivity index (χ0n) is 9.98. The van der Waals surface area contributed by atoms with Gasteiger partial charge in [0.1, 0.15) is 6.61 Å². The number of ether oxygens (including phenoxy) is 2. The molecule has 5 nitrogen and oxygen atoms in total. The predicted octanol–water partition coefficient (Wildman–Crippen LogP) is 1.54. The standard InChI is InChI=1S/C7H12O3.C5H6O2/c1-3-7(8)10-6-5-9-4-2;6-5(7)4-2-1-3-4/h3H,1,4-6H2,2H3;2H,1,3H2,(H,6,7). The molecule has 0 amide bonds. The largest absolute Gasteiger partial charge is 0.478 e. The summed E-state index contributed by atoms with van der Waals surface area (Å²) in [5, 5.41) is 8.16. The molecule has 0 fully saturated rings. The summed E-state index contributed by atoms with van der Waals surface area (Å²) in [5.74, 6) is -1.16. The molecule has 0 aromatic heterocycles. The number of carbonyl (C=O) groups is 2. The number of allylic oxidation sites excluding steroid dienone is 1. The third-order valence-electron chi connectivity index (χ3n) is 1.92. The molecule has 0 radical (unpaired) electrons. The van der Waals surface area contributed by atoms with E-state index in [2.05, 4.69) is 11.3 Å². The lowest BCUT2D eigenvalue weighted by Crippen LogP contribution is -2.07. The number of carbonyl (C=O) groups excluding carboxylic acids is 1. The zero-order valence-corrected chi connectivity index (χ0v) is 9.98. The fourth-order valence-corrected chi connectivity index (χ4v) is 0.887. The van der Waals surface area contributed by atoms with Gasteiger partial charge in [0.05, 0.1) is 6.61 Å². The molecule has 0 aromatic rings. The van der Waals surface area contributed by atoms with E-state index < -0.39 is 11.9 Å². The van der Waals surface area contributed by atoms with Crippen LogP contribution in [0, 0.1) is 0 Å². The van der Waals surface area contributed by atoms with Crippen LogP contribution in [0.5, 0.6) is 0 Å². The lowest BCUT2D eigenvalue weighted by atomic mass is 10.00. The molecule has 1 aliphatic rings. The molecule has 1 aliphatic carbocycles. The second kappa shape index (κ2) is 9.59. The van der Waals surface area contributed by atoms with Gasteiger partial charge >= 0.3 is 11.9 Å². The maximum absolute atomic E-state index is 10.4. The van der Waals surface area contributed by atoms with E-state index in [1.165, 1.54) is 0 Å². The van der Waals surface area contributed by atoms with Crippen molar-refractivity contribution in [2.45, 2.75) is 19.8 Å². The van der Waals surface area contributed by atoms with E-state index in [0.29, 0.717) is 25.4 Å². The molecule has 0 unspecified atom stereocenters. The second-order valence-corrected chi connectivity index (χ2v) is 3.14. The van der Waals surface area contributed by atoms with E-state index in [1.807, 2.05) is 6.92 Å². The average molecular weight is 242 g/mol. The van der Waals surface area contributed by atoms with Crippen LogP contribution in [0.2, 0.25) is 0 Å². The predicted molar refractivity (Wildman–Crippen MR) is 62.6 cm³/mol. The van der Waals surface area contributed by atoms with Gasteiger partial charge in [-0.1, -0.05) is 12.7 Å². The fraction of sp³-hybridized carbons (Fsp3) is 0.500. The monoisotopic (exact) mass is 242 g/mol. The minimum Gasteiger partial charge on any atom is -0.478 e. The van der Waals surface area contributed by atoms with Gasteiger partial charge in [-0.3, -0.25) is 0 Å². The first-order valence-electron chi connectivity index (χ1n) is 5.41. The Morgan fingerprint density at radius 1 is 1.53 bits per heavy atom. The first-order chi connectivity index (χ1) is 8.11. The van der Waals surface area contributed by atoms with E-state index in [-0.39, 0.29) is 0 Å². The quantitative estimate of drug-likeness (QED) is 0.434.